The van der Waals surface area contributed by atoms with Crippen LogP contribution in [0.5, 0.6) is 0 Å². The fourth-order valence-electron chi connectivity index (χ4n) is 7.09. The summed E-state index contributed by atoms with van der Waals surface area (Å²) in [6.07, 6.45) is 13.7. The number of rotatable bonds is 6. The predicted octanol–water partition coefficient (Wildman–Crippen LogP) is 8.64. The van der Waals surface area contributed by atoms with Crippen molar-refractivity contribution in [2.75, 3.05) is 24.6 Å². The Balaban J connectivity index is 1.50. The molecule has 0 amide bonds. The number of anilines is 1. The minimum atomic E-state index is -0.176. The summed E-state index contributed by atoms with van der Waals surface area (Å²) >= 11 is 6.40. The molecule has 0 unspecified atom stereocenters. The Morgan fingerprint density at radius 2 is 1.73 bits per heavy atom. The van der Waals surface area contributed by atoms with Gasteiger partial charge in [-0.25, -0.2) is 0 Å². The first kappa shape index (κ1) is 28.6. The smallest absolute Gasteiger partial charge is 0.209 e. The molecule has 2 aromatic rings. The van der Waals surface area contributed by atoms with Gasteiger partial charge in [-0.3, -0.25) is 0 Å². The summed E-state index contributed by atoms with van der Waals surface area (Å²) in [5, 5.41) is 10.6. The van der Waals surface area contributed by atoms with Gasteiger partial charge in [0.25, 0.3) is 0 Å². The molecule has 4 heteroatoms. The van der Waals surface area contributed by atoms with Gasteiger partial charge in [-0.15, -0.1) is 0 Å². The zero-order valence-corrected chi connectivity index (χ0v) is 25.9. The van der Waals surface area contributed by atoms with E-state index in [-0.39, 0.29) is 22.9 Å². The zero-order valence-electron chi connectivity index (χ0n) is 25.2. The fraction of sp³-hybridized carbons (Fsp3) is 0.417. The molecule has 0 atom stereocenters. The minimum Gasteiger partial charge on any atom is -0.395 e. The molecule has 2 aliphatic heterocycles. The van der Waals surface area contributed by atoms with E-state index in [0.29, 0.717) is 6.54 Å². The minimum absolute atomic E-state index is 0.0268. The maximum Gasteiger partial charge on any atom is 0.209 e. The lowest BCUT2D eigenvalue weighted by Crippen LogP contribution is -2.29. The maximum absolute atomic E-state index is 9.92. The van der Waals surface area contributed by atoms with E-state index in [2.05, 4.69) is 119 Å². The molecule has 3 aliphatic rings. The van der Waals surface area contributed by atoms with Crippen LogP contribution in [-0.4, -0.2) is 35.1 Å². The molecule has 0 spiro atoms. The topological polar surface area (TPSA) is 26.5 Å². The van der Waals surface area contributed by atoms with Crippen molar-refractivity contribution in [2.24, 2.45) is 5.41 Å². The molecular formula is C36H44ClN2O+. The standard InChI is InChI=1S/C36H44ClN2O/c1-8-38-30-14-10-9-13-28(30)35(4,5)32(38)15-11-12-25-20-26(24-34(2,3)23-25)21-33-36(6,7)29-17-16-27(37)22-31(29)39(33)18-19-40/h9-17,20-22,40H,8,18-19,23-24H2,1-7H3/q+1. The molecule has 0 saturated heterocycles. The molecule has 0 radical (unpaired) electrons. The summed E-state index contributed by atoms with van der Waals surface area (Å²) in [6.45, 7) is 17.7. The molecule has 0 aromatic heterocycles. The predicted molar refractivity (Wildman–Crippen MR) is 170 cm³/mol. The molecule has 2 heterocycles. The van der Waals surface area contributed by atoms with Gasteiger partial charge in [0.15, 0.2) is 5.71 Å². The van der Waals surface area contributed by atoms with Crippen molar-refractivity contribution in [3.05, 3.63) is 106 Å². The lowest BCUT2D eigenvalue weighted by molar-refractivity contribution is -0.433. The SMILES string of the molecule is CC[N+]1=C(C=CC=C2C=C(C=C3N(CCO)c4cc(Cl)ccc4C3(C)C)CC(C)(C)C2)C(C)(C)c2ccccc21. The van der Waals surface area contributed by atoms with Crippen molar-refractivity contribution in [1.29, 1.82) is 0 Å². The molecule has 0 saturated carbocycles. The van der Waals surface area contributed by atoms with Crippen LogP contribution in [0, 0.1) is 5.41 Å². The summed E-state index contributed by atoms with van der Waals surface area (Å²) < 4.78 is 2.45. The summed E-state index contributed by atoms with van der Waals surface area (Å²) in [5.41, 5.74) is 10.3. The van der Waals surface area contributed by atoms with Crippen molar-refractivity contribution >= 4 is 28.7 Å². The number of para-hydroxylation sites is 1. The molecule has 40 heavy (non-hydrogen) atoms. The van der Waals surface area contributed by atoms with Gasteiger partial charge in [-0.05, 0) is 73.9 Å². The van der Waals surface area contributed by atoms with Crippen LogP contribution < -0.4 is 4.90 Å². The average Bonchev–Trinajstić information content (AvgIpc) is 3.22. The van der Waals surface area contributed by atoms with Gasteiger partial charge in [0, 0.05) is 46.1 Å². The van der Waals surface area contributed by atoms with E-state index in [4.69, 9.17) is 11.6 Å². The van der Waals surface area contributed by atoms with E-state index in [9.17, 15) is 5.11 Å². The number of aliphatic hydroxyl groups excluding tert-OH is 1. The fourth-order valence-corrected chi connectivity index (χ4v) is 7.26. The lowest BCUT2D eigenvalue weighted by atomic mass is 9.74. The number of hydrogen-bond donors (Lipinski definition) is 1. The van der Waals surface area contributed by atoms with Gasteiger partial charge in [0.1, 0.15) is 6.54 Å². The molecule has 1 N–H and O–H groups in total. The second-order valence-electron chi connectivity index (χ2n) is 13.3. The molecule has 210 valence electrons. The van der Waals surface area contributed by atoms with Crippen LogP contribution in [0.4, 0.5) is 11.4 Å². The van der Waals surface area contributed by atoms with Gasteiger partial charge in [-0.1, -0.05) is 81.8 Å². The van der Waals surface area contributed by atoms with E-state index < -0.39 is 0 Å². The van der Waals surface area contributed by atoms with E-state index in [1.165, 1.54) is 39.4 Å². The van der Waals surface area contributed by atoms with Gasteiger partial charge < -0.3 is 10.0 Å². The molecule has 3 nitrogen and oxygen atoms in total. The Labute approximate surface area is 245 Å². The van der Waals surface area contributed by atoms with Crippen molar-refractivity contribution in [3.8, 4) is 0 Å². The first-order valence-corrected chi connectivity index (χ1v) is 15.0. The summed E-state index contributed by atoms with van der Waals surface area (Å²) in [4.78, 5) is 2.25. The number of benzene rings is 2. The van der Waals surface area contributed by atoms with Crippen LogP contribution in [-0.2, 0) is 10.8 Å². The third kappa shape index (κ3) is 5.03. The normalized spacial score (nSPS) is 22.8. The molecule has 0 bridgehead atoms. The zero-order chi connectivity index (χ0) is 28.9. The summed E-state index contributed by atoms with van der Waals surface area (Å²) in [5.74, 6) is 0. The highest BCUT2D eigenvalue weighted by Crippen LogP contribution is 2.50. The highest BCUT2D eigenvalue weighted by molar-refractivity contribution is 6.31. The quantitative estimate of drug-likeness (QED) is 0.361. The Hall–Kier alpha value is -2.88. The number of hydrogen-bond acceptors (Lipinski definition) is 2. The first-order chi connectivity index (χ1) is 18.9. The molecular weight excluding hydrogens is 512 g/mol. The maximum atomic E-state index is 9.92. The van der Waals surface area contributed by atoms with Crippen LogP contribution in [0.25, 0.3) is 0 Å². The second-order valence-corrected chi connectivity index (χ2v) is 13.7. The third-order valence-electron chi connectivity index (χ3n) is 8.92. The first-order valence-electron chi connectivity index (χ1n) is 14.6. The van der Waals surface area contributed by atoms with E-state index in [1.54, 1.807) is 0 Å². The van der Waals surface area contributed by atoms with E-state index in [0.717, 1.165) is 30.1 Å². The van der Waals surface area contributed by atoms with Crippen LogP contribution in [0.2, 0.25) is 5.02 Å². The van der Waals surface area contributed by atoms with Crippen LogP contribution in [0.15, 0.2) is 89.7 Å². The van der Waals surface area contributed by atoms with Crippen molar-refractivity contribution in [1.82, 2.24) is 0 Å². The van der Waals surface area contributed by atoms with Crippen molar-refractivity contribution < 1.29 is 9.68 Å². The number of nitrogens with zero attached hydrogens (tertiary/aromatic N) is 2. The van der Waals surface area contributed by atoms with Gasteiger partial charge in [0.05, 0.1) is 12.0 Å². The summed E-state index contributed by atoms with van der Waals surface area (Å²) in [6, 6.07) is 14.9. The Morgan fingerprint density at radius 1 is 0.975 bits per heavy atom. The summed E-state index contributed by atoms with van der Waals surface area (Å²) in [7, 11) is 0. The lowest BCUT2D eigenvalue weighted by Gasteiger charge is -2.32. The second kappa shape index (κ2) is 10.5. The molecule has 1 aliphatic carbocycles. The number of halogens is 1. The Kier molecular flexibility index (Phi) is 7.52. The highest BCUT2D eigenvalue weighted by Gasteiger charge is 2.43. The number of β-amino-alcohol motifs (C(OH)–C–C–N with tert-alkyl or cyclic N) is 1. The van der Waals surface area contributed by atoms with E-state index in [1.807, 2.05) is 12.1 Å². The number of aliphatic hydroxyl groups is 1. The largest absolute Gasteiger partial charge is 0.395 e. The molecule has 5 rings (SSSR count). The van der Waals surface area contributed by atoms with Crippen LogP contribution in [0.3, 0.4) is 0 Å². The van der Waals surface area contributed by atoms with Gasteiger partial charge in [-0.2, -0.15) is 4.58 Å². The Morgan fingerprint density at radius 3 is 2.45 bits per heavy atom. The van der Waals surface area contributed by atoms with Crippen LogP contribution >= 0.6 is 11.6 Å². The monoisotopic (exact) mass is 555 g/mol. The van der Waals surface area contributed by atoms with Crippen molar-refractivity contribution in [2.45, 2.75) is 72.1 Å². The van der Waals surface area contributed by atoms with E-state index >= 15 is 0 Å². The van der Waals surface area contributed by atoms with Gasteiger partial charge in [0.2, 0.25) is 5.69 Å². The van der Waals surface area contributed by atoms with Crippen molar-refractivity contribution in [3.63, 3.8) is 0 Å². The number of fused-ring (bicyclic) bond motifs is 2. The number of allylic oxidation sites excluding steroid dienone is 8. The van der Waals surface area contributed by atoms with Crippen LogP contribution in [0.1, 0.15) is 72.4 Å². The highest BCUT2D eigenvalue weighted by atomic mass is 35.5. The third-order valence-corrected chi connectivity index (χ3v) is 9.15. The molecule has 0 fully saturated rings. The average molecular weight is 556 g/mol. The Bertz CT molecular complexity index is 1480. The van der Waals surface area contributed by atoms with Gasteiger partial charge >= 0.3 is 0 Å². The molecule has 2 aromatic carbocycles.